The number of nitrogens with two attached hydrogens (primary N) is 1. The Balaban J connectivity index is 1.55. The Morgan fingerprint density at radius 1 is 1.11 bits per heavy atom. The van der Waals surface area contributed by atoms with Gasteiger partial charge in [0.1, 0.15) is 24.0 Å². The van der Waals surface area contributed by atoms with E-state index >= 15 is 0 Å². The molecule has 5 rings (SSSR count). The summed E-state index contributed by atoms with van der Waals surface area (Å²) < 4.78 is 29.1. The number of fused-ring (bicyclic) bond motifs is 2. The molecule has 2 aliphatic heterocycles. The number of allylic oxidation sites excluding steroid dienone is 1. The summed E-state index contributed by atoms with van der Waals surface area (Å²) in [6.07, 6.45) is 0. The molecule has 2 aliphatic rings. The molecule has 1 atom stereocenters. The minimum absolute atomic E-state index is 0.0247. The highest BCUT2D eigenvalue weighted by atomic mass is 79.9. The van der Waals surface area contributed by atoms with Crippen molar-refractivity contribution in [1.29, 1.82) is 5.26 Å². The molecule has 7 nitrogen and oxygen atoms in total. The molecule has 3 aromatic carbocycles. The second kappa shape index (κ2) is 9.42. The fourth-order valence-electron chi connectivity index (χ4n) is 4.03. The van der Waals surface area contributed by atoms with Crippen LogP contribution in [-0.2, 0) is 6.61 Å². The average molecular weight is 576 g/mol. The lowest BCUT2D eigenvalue weighted by Gasteiger charge is -2.27. The molecule has 0 amide bonds. The van der Waals surface area contributed by atoms with E-state index in [0.29, 0.717) is 43.3 Å². The van der Waals surface area contributed by atoms with Crippen LogP contribution in [0, 0.1) is 11.3 Å². The van der Waals surface area contributed by atoms with Crippen LogP contribution in [0.2, 0.25) is 10.0 Å². The number of halogens is 3. The molecule has 0 aromatic heterocycles. The minimum atomic E-state index is -0.525. The molecule has 10 heteroatoms. The van der Waals surface area contributed by atoms with E-state index in [4.69, 9.17) is 52.6 Å². The summed E-state index contributed by atoms with van der Waals surface area (Å²) in [4.78, 5) is 0. The van der Waals surface area contributed by atoms with Crippen molar-refractivity contribution in [2.24, 2.45) is 5.73 Å². The van der Waals surface area contributed by atoms with Gasteiger partial charge < -0.3 is 29.4 Å². The Hall–Kier alpha value is -3.25. The molecule has 0 unspecified atom stereocenters. The number of rotatable bonds is 5. The summed E-state index contributed by atoms with van der Waals surface area (Å²) in [7, 11) is 1.54. The van der Waals surface area contributed by atoms with Gasteiger partial charge in [0.05, 0.1) is 17.5 Å². The normalized spacial score (nSPS) is 15.8. The SMILES string of the molecule is COc1cc([C@H]2C(C#N)=C(N)Oc3cc4c(cc32)OCO4)cc(Br)c1OCc1ccc(Cl)cc1Cl. The predicted molar refractivity (Wildman–Crippen MR) is 133 cm³/mol. The quantitative estimate of drug-likeness (QED) is 0.382. The summed E-state index contributed by atoms with van der Waals surface area (Å²) in [5, 5.41) is 10.9. The third-order valence-corrected chi connectivity index (χ3v) is 6.86. The molecule has 0 saturated heterocycles. The number of benzene rings is 3. The topological polar surface area (TPSA) is 96.0 Å². The van der Waals surface area contributed by atoms with Crippen LogP contribution in [0.3, 0.4) is 0 Å². The third kappa shape index (κ3) is 4.31. The maximum absolute atomic E-state index is 9.90. The van der Waals surface area contributed by atoms with Gasteiger partial charge in [0.25, 0.3) is 0 Å². The molecule has 178 valence electrons. The van der Waals surface area contributed by atoms with Gasteiger partial charge in [0, 0.05) is 27.2 Å². The van der Waals surface area contributed by atoms with Gasteiger partial charge in [0.2, 0.25) is 12.7 Å². The lowest BCUT2D eigenvalue weighted by Crippen LogP contribution is -2.21. The largest absolute Gasteiger partial charge is 0.493 e. The fraction of sp³-hybridized carbons (Fsp3) is 0.160. The van der Waals surface area contributed by atoms with E-state index in [-0.39, 0.29) is 24.9 Å². The van der Waals surface area contributed by atoms with Crippen LogP contribution in [-0.4, -0.2) is 13.9 Å². The number of hydrogen-bond acceptors (Lipinski definition) is 7. The molecule has 0 bridgehead atoms. The van der Waals surface area contributed by atoms with Gasteiger partial charge in [-0.15, -0.1) is 0 Å². The number of ether oxygens (including phenoxy) is 5. The van der Waals surface area contributed by atoms with Crippen molar-refractivity contribution in [3.8, 4) is 34.8 Å². The van der Waals surface area contributed by atoms with E-state index < -0.39 is 5.92 Å². The van der Waals surface area contributed by atoms with E-state index in [1.807, 2.05) is 6.07 Å². The molecule has 0 saturated carbocycles. The van der Waals surface area contributed by atoms with Crippen LogP contribution in [0.5, 0.6) is 28.7 Å². The van der Waals surface area contributed by atoms with Crippen molar-refractivity contribution < 1.29 is 23.7 Å². The molecular weight excluding hydrogens is 559 g/mol. The molecule has 3 aromatic rings. The highest BCUT2D eigenvalue weighted by molar-refractivity contribution is 9.10. The number of nitriles is 1. The van der Waals surface area contributed by atoms with Gasteiger partial charge in [-0.05, 0) is 51.8 Å². The maximum Gasteiger partial charge on any atom is 0.231 e. The Bertz CT molecular complexity index is 1420. The van der Waals surface area contributed by atoms with Crippen molar-refractivity contribution in [3.05, 3.63) is 85.1 Å². The van der Waals surface area contributed by atoms with Crippen LogP contribution in [0.1, 0.15) is 22.6 Å². The van der Waals surface area contributed by atoms with Crippen molar-refractivity contribution in [2.75, 3.05) is 13.9 Å². The second-order valence-corrected chi connectivity index (χ2v) is 9.42. The Morgan fingerprint density at radius 3 is 2.60 bits per heavy atom. The summed E-state index contributed by atoms with van der Waals surface area (Å²) in [5.74, 6) is 2.06. The first-order valence-corrected chi connectivity index (χ1v) is 11.9. The van der Waals surface area contributed by atoms with E-state index in [9.17, 15) is 5.26 Å². The van der Waals surface area contributed by atoms with E-state index in [0.717, 1.165) is 16.7 Å². The average Bonchev–Trinajstić information content (AvgIpc) is 3.29. The maximum atomic E-state index is 9.90. The standard InChI is InChI=1S/C25H17BrCl2N2O5/c1-31-22-5-13(4-17(26)24(22)32-10-12-2-3-14(27)6-18(12)28)23-15-7-20-21(34-11-33-20)8-19(15)35-25(30)16(23)9-29/h2-8,23H,10-11,30H2,1H3/t23-/m1/s1. The van der Waals surface area contributed by atoms with Gasteiger partial charge >= 0.3 is 0 Å². The van der Waals surface area contributed by atoms with Gasteiger partial charge in [-0.3, -0.25) is 0 Å². The van der Waals surface area contributed by atoms with Crippen molar-refractivity contribution in [2.45, 2.75) is 12.5 Å². The van der Waals surface area contributed by atoms with Crippen molar-refractivity contribution >= 4 is 39.1 Å². The predicted octanol–water partition coefficient (Wildman–Crippen LogP) is 6.29. The van der Waals surface area contributed by atoms with E-state index in [2.05, 4.69) is 22.0 Å². The molecule has 2 heterocycles. The van der Waals surface area contributed by atoms with Crippen LogP contribution in [0.25, 0.3) is 0 Å². The highest BCUT2D eigenvalue weighted by Crippen LogP contribution is 2.50. The smallest absolute Gasteiger partial charge is 0.231 e. The zero-order valence-corrected chi connectivity index (χ0v) is 21.3. The van der Waals surface area contributed by atoms with Gasteiger partial charge in [-0.1, -0.05) is 29.3 Å². The Morgan fingerprint density at radius 2 is 1.89 bits per heavy atom. The first-order chi connectivity index (χ1) is 16.9. The highest BCUT2D eigenvalue weighted by Gasteiger charge is 2.34. The summed E-state index contributed by atoms with van der Waals surface area (Å²) in [6.45, 7) is 0.310. The molecule has 0 spiro atoms. The Labute approximate surface area is 219 Å². The summed E-state index contributed by atoms with van der Waals surface area (Å²) >= 11 is 15.9. The third-order valence-electron chi connectivity index (χ3n) is 5.68. The number of methoxy groups -OCH3 is 1. The molecule has 0 aliphatic carbocycles. The molecule has 35 heavy (non-hydrogen) atoms. The summed E-state index contributed by atoms with van der Waals surface area (Å²) in [6, 6.07) is 14.6. The molecule has 0 radical (unpaired) electrons. The zero-order valence-electron chi connectivity index (χ0n) is 18.2. The minimum Gasteiger partial charge on any atom is -0.493 e. The second-order valence-electron chi connectivity index (χ2n) is 7.73. The van der Waals surface area contributed by atoms with Crippen molar-refractivity contribution in [3.63, 3.8) is 0 Å². The monoisotopic (exact) mass is 574 g/mol. The van der Waals surface area contributed by atoms with Crippen LogP contribution >= 0.6 is 39.1 Å². The van der Waals surface area contributed by atoms with Gasteiger partial charge in [0.15, 0.2) is 23.0 Å². The number of hydrogen-bond donors (Lipinski definition) is 1. The molecular formula is C25H17BrCl2N2O5. The lowest BCUT2D eigenvalue weighted by atomic mass is 9.83. The van der Waals surface area contributed by atoms with E-state index in [1.54, 1.807) is 43.5 Å². The fourth-order valence-corrected chi connectivity index (χ4v) is 5.06. The first-order valence-electron chi connectivity index (χ1n) is 10.3. The van der Waals surface area contributed by atoms with Crippen molar-refractivity contribution in [1.82, 2.24) is 0 Å². The Kier molecular flexibility index (Phi) is 6.32. The van der Waals surface area contributed by atoms with E-state index in [1.165, 1.54) is 0 Å². The lowest BCUT2D eigenvalue weighted by molar-refractivity contribution is 0.174. The first kappa shape index (κ1) is 23.5. The van der Waals surface area contributed by atoms with Gasteiger partial charge in [-0.25, -0.2) is 0 Å². The summed E-state index contributed by atoms with van der Waals surface area (Å²) in [5.41, 5.74) is 8.63. The van der Waals surface area contributed by atoms with Crippen LogP contribution in [0.4, 0.5) is 0 Å². The van der Waals surface area contributed by atoms with Crippen LogP contribution < -0.4 is 29.4 Å². The molecule has 0 fully saturated rings. The molecule has 2 N–H and O–H groups in total. The van der Waals surface area contributed by atoms with Gasteiger partial charge in [-0.2, -0.15) is 5.26 Å². The van der Waals surface area contributed by atoms with Crippen LogP contribution in [0.15, 0.2) is 58.4 Å². The zero-order chi connectivity index (χ0) is 24.7. The number of nitrogens with zero attached hydrogens (tertiary/aromatic N) is 1.